The van der Waals surface area contributed by atoms with Crippen LogP contribution in [0.2, 0.25) is 0 Å². The summed E-state index contributed by atoms with van der Waals surface area (Å²) < 4.78 is 1.02. The van der Waals surface area contributed by atoms with Crippen molar-refractivity contribution in [2.45, 2.75) is 26.7 Å². The van der Waals surface area contributed by atoms with Crippen LogP contribution < -0.4 is 0 Å². The second kappa shape index (κ2) is 8.25. The van der Waals surface area contributed by atoms with Crippen molar-refractivity contribution >= 4 is 27.7 Å². The Morgan fingerprint density at radius 2 is 1.46 bits per heavy atom. The molecule has 0 heterocycles. The molecule has 0 aromatic heterocycles. The Labute approximate surface area is 150 Å². The minimum absolute atomic E-state index is 0.0468. The van der Waals surface area contributed by atoms with E-state index in [2.05, 4.69) is 15.9 Å². The van der Waals surface area contributed by atoms with Crippen LogP contribution in [0.15, 0.2) is 53.0 Å². The van der Waals surface area contributed by atoms with Gasteiger partial charge in [-0.15, -0.1) is 0 Å². The molecule has 0 aliphatic heterocycles. The minimum Gasteiger partial charge on any atom is -0.481 e. The molecule has 0 fully saturated rings. The molecule has 126 valence electrons. The molecule has 2 aromatic carbocycles. The molecular formula is C20H21BrO3. The number of rotatable bonds is 7. The fourth-order valence-corrected chi connectivity index (χ4v) is 2.94. The molecule has 2 rings (SSSR count). The van der Waals surface area contributed by atoms with Crippen molar-refractivity contribution in [3.05, 3.63) is 58.6 Å². The lowest BCUT2D eigenvalue weighted by molar-refractivity contribution is -0.142. The number of ketones is 1. The molecule has 2 aromatic rings. The number of Topliss-reactive ketones (excluding diaryl/α,β-unsaturated/α-hetero) is 1. The first kappa shape index (κ1) is 18.4. The summed E-state index contributed by atoms with van der Waals surface area (Å²) in [4.78, 5) is 23.7. The van der Waals surface area contributed by atoms with Crippen LogP contribution in [0.5, 0.6) is 0 Å². The third-order valence-corrected chi connectivity index (χ3v) is 4.45. The molecule has 0 aliphatic rings. The Bertz CT molecular complexity index is 703. The lowest BCUT2D eigenvalue weighted by Crippen LogP contribution is -2.20. The summed E-state index contributed by atoms with van der Waals surface area (Å²) >= 11 is 3.41. The smallest absolute Gasteiger partial charge is 0.306 e. The highest BCUT2D eigenvalue weighted by molar-refractivity contribution is 9.10. The van der Waals surface area contributed by atoms with Crippen molar-refractivity contribution in [2.24, 2.45) is 11.8 Å². The van der Waals surface area contributed by atoms with Crippen molar-refractivity contribution < 1.29 is 14.7 Å². The van der Waals surface area contributed by atoms with Crippen molar-refractivity contribution in [3.63, 3.8) is 0 Å². The zero-order chi connectivity index (χ0) is 17.7. The van der Waals surface area contributed by atoms with Gasteiger partial charge in [-0.2, -0.15) is 0 Å². The van der Waals surface area contributed by atoms with Crippen LogP contribution in [0.4, 0.5) is 0 Å². The van der Waals surface area contributed by atoms with Crippen LogP contribution in [0.3, 0.4) is 0 Å². The van der Waals surface area contributed by atoms with Gasteiger partial charge in [-0.3, -0.25) is 9.59 Å². The van der Waals surface area contributed by atoms with E-state index in [9.17, 15) is 14.7 Å². The van der Waals surface area contributed by atoms with E-state index >= 15 is 0 Å². The van der Waals surface area contributed by atoms with Crippen LogP contribution in [0.25, 0.3) is 11.1 Å². The van der Waals surface area contributed by atoms with Gasteiger partial charge in [0.15, 0.2) is 5.78 Å². The number of carboxylic acid groups (broad SMARTS) is 1. The lowest BCUT2D eigenvalue weighted by Gasteiger charge is -2.14. The highest BCUT2D eigenvalue weighted by Crippen LogP contribution is 2.24. The molecule has 0 spiro atoms. The first-order chi connectivity index (χ1) is 11.4. The van der Waals surface area contributed by atoms with E-state index in [0.29, 0.717) is 12.0 Å². The Hall–Kier alpha value is -1.94. The number of hydrogen-bond donors (Lipinski definition) is 1. The Kier molecular flexibility index (Phi) is 6.32. The molecule has 4 heteroatoms. The van der Waals surface area contributed by atoms with E-state index in [0.717, 1.165) is 15.6 Å². The maximum absolute atomic E-state index is 12.4. The molecule has 0 aliphatic carbocycles. The van der Waals surface area contributed by atoms with E-state index in [1.807, 2.05) is 50.2 Å². The summed E-state index contributed by atoms with van der Waals surface area (Å²) in [5, 5.41) is 9.28. The molecule has 0 bridgehead atoms. The second-order valence-corrected chi connectivity index (χ2v) is 7.29. The molecular weight excluding hydrogens is 368 g/mol. The van der Waals surface area contributed by atoms with Crippen LogP contribution in [-0.4, -0.2) is 16.9 Å². The first-order valence-corrected chi connectivity index (χ1v) is 8.78. The van der Waals surface area contributed by atoms with Gasteiger partial charge >= 0.3 is 5.97 Å². The van der Waals surface area contributed by atoms with Crippen molar-refractivity contribution in [1.82, 2.24) is 0 Å². The third-order valence-electron chi connectivity index (χ3n) is 3.92. The highest BCUT2D eigenvalue weighted by Gasteiger charge is 2.23. The van der Waals surface area contributed by atoms with Crippen LogP contribution in [0.1, 0.15) is 37.0 Å². The van der Waals surface area contributed by atoms with E-state index in [1.54, 1.807) is 12.1 Å². The molecule has 0 saturated heterocycles. The Balaban J connectivity index is 2.10. The van der Waals surface area contributed by atoms with E-state index in [4.69, 9.17) is 0 Å². The molecule has 1 atom stereocenters. The molecule has 0 radical (unpaired) electrons. The largest absolute Gasteiger partial charge is 0.481 e. The summed E-state index contributed by atoms with van der Waals surface area (Å²) in [7, 11) is 0. The highest BCUT2D eigenvalue weighted by atomic mass is 79.9. The lowest BCUT2D eigenvalue weighted by atomic mass is 9.90. The van der Waals surface area contributed by atoms with Gasteiger partial charge in [0, 0.05) is 16.5 Å². The van der Waals surface area contributed by atoms with Crippen LogP contribution in [-0.2, 0) is 4.79 Å². The van der Waals surface area contributed by atoms with E-state index in [-0.39, 0.29) is 18.1 Å². The number of carboxylic acids is 1. The SMILES string of the molecule is CC(C)CC(CC(=O)c1ccc(-c2ccc(Br)cc2)cc1)C(=O)O. The number of aliphatic carboxylic acids is 1. The number of carbonyl (C=O) groups excluding carboxylic acids is 1. The average molecular weight is 389 g/mol. The molecule has 0 amide bonds. The van der Waals surface area contributed by atoms with Gasteiger partial charge in [-0.05, 0) is 35.6 Å². The predicted molar refractivity (Wildman–Crippen MR) is 99.1 cm³/mol. The zero-order valence-electron chi connectivity index (χ0n) is 13.8. The summed E-state index contributed by atoms with van der Waals surface area (Å²) in [5.74, 6) is -1.39. The molecule has 1 unspecified atom stereocenters. The maximum atomic E-state index is 12.4. The van der Waals surface area contributed by atoms with Crippen LogP contribution in [0, 0.1) is 11.8 Å². The van der Waals surface area contributed by atoms with Crippen LogP contribution >= 0.6 is 15.9 Å². The van der Waals surface area contributed by atoms with Gasteiger partial charge in [-0.1, -0.05) is 66.2 Å². The fraction of sp³-hybridized carbons (Fsp3) is 0.300. The van der Waals surface area contributed by atoms with Crippen molar-refractivity contribution in [1.29, 1.82) is 0 Å². The Morgan fingerprint density at radius 1 is 0.958 bits per heavy atom. The van der Waals surface area contributed by atoms with Gasteiger partial charge in [0.25, 0.3) is 0 Å². The predicted octanol–water partition coefficient (Wildman–Crippen LogP) is 5.44. The topological polar surface area (TPSA) is 54.4 Å². The fourth-order valence-electron chi connectivity index (χ4n) is 2.67. The minimum atomic E-state index is -0.900. The number of carbonyl (C=O) groups is 2. The zero-order valence-corrected chi connectivity index (χ0v) is 15.4. The second-order valence-electron chi connectivity index (χ2n) is 6.38. The normalized spacial score (nSPS) is 12.2. The summed E-state index contributed by atoms with van der Waals surface area (Å²) in [6.07, 6.45) is 0.559. The maximum Gasteiger partial charge on any atom is 0.306 e. The third kappa shape index (κ3) is 5.03. The molecule has 3 nitrogen and oxygen atoms in total. The number of hydrogen-bond acceptors (Lipinski definition) is 2. The number of halogens is 1. The quantitative estimate of drug-likeness (QED) is 0.642. The van der Waals surface area contributed by atoms with Gasteiger partial charge in [-0.25, -0.2) is 0 Å². The molecule has 24 heavy (non-hydrogen) atoms. The average Bonchev–Trinajstić information content (AvgIpc) is 2.54. The Morgan fingerprint density at radius 3 is 1.92 bits per heavy atom. The standard InChI is InChI=1S/C20H21BrO3/c1-13(2)11-17(20(23)24)12-19(22)16-5-3-14(4-6-16)15-7-9-18(21)10-8-15/h3-10,13,17H,11-12H2,1-2H3,(H,23,24). The van der Waals surface area contributed by atoms with Crippen molar-refractivity contribution in [2.75, 3.05) is 0 Å². The van der Waals surface area contributed by atoms with Gasteiger partial charge in [0.1, 0.15) is 0 Å². The van der Waals surface area contributed by atoms with E-state index in [1.165, 1.54) is 0 Å². The van der Waals surface area contributed by atoms with Crippen molar-refractivity contribution in [3.8, 4) is 11.1 Å². The summed E-state index contributed by atoms with van der Waals surface area (Å²) in [6.45, 7) is 3.93. The molecule has 1 N–H and O–H groups in total. The molecule has 0 saturated carbocycles. The van der Waals surface area contributed by atoms with E-state index < -0.39 is 11.9 Å². The first-order valence-electron chi connectivity index (χ1n) is 7.99. The van der Waals surface area contributed by atoms with Gasteiger partial charge < -0.3 is 5.11 Å². The number of benzene rings is 2. The van der Waals surface area contributed by atoms with Gasteiger partial charge in [0.2, 0.25) is 0 Å². The monoisotopic (exact) mass is 388 g/mol. The van der Waals surface area contributed by atoms with Gasteiger partial charge in [0.05, 0.1) is 5.92 Å². The summed E-state index contributed by atoms with van der Waals surface area (Å²) in [6, 6.07) is 15.3. The summed E-state index contributed by atoms with van der Waals surface area (Å²) in [5.41, 5.74) is 2.65.